The maximum atomic E-state index is 8.51. The Morgan fingerprint density at radius 2 is 2.46 bits per heavy atom. The largest absolute Gasteiger partial charge is 0.298 e. The first-order chi connectivity index (χ1) is 6.26. The van der Waals surface area contributed by atoms with Crippen LogP contribution in [0, 0.1) is 17.2 Å². The van der Waals surface area contributed by atoms with Crippen molar-refractivity contribution < 1.29 is 0 Å². The van der Waals surface area contributed by atoms with E-state index in [1.807, 2.05) is 0 Å². The molecule has 0 aromatic heterocycles. The topological polar surface area (TPSA) is 27.0 Å². The molecule has 1 rings (SSSR count). The number of halogens is 2. The summed E-state index contributed by atoms with van der Waals surface area (Å²) in [5, 5.41) is 9.18. The zero-order valence-electron chi connectivity index (χ0n) is 7.34. The zero-order chi connectivity index (χ0) is 9.68. The first-order valence-electron chi connectivity index (χ1n) is 4.30. The Morgan fingerprint density at radius 3 is 3.08 bits per heavy atom. The Labute approximate surface area is 88.7 Å². The van der Waals surface area contributed by atoms with Crippen molar-refractivity contribution in [2.75, 3.05) is 19.6 Å². The van der Waals surface area contributed by atoms with E-state index in [-0.39, 0.29) is 0 Å². The molecule has 4 heteroatoms. The molecule has 0 amide bonds. The van der Waals surface area contributed by atoms with E-state index in [4.69, 9.17) is 28.5 Å². The second-order valence-electron chi connectivity index (χ2n) is 3.31. The number of likely N-dealkylation sites (tertiary alicyclic amines) is 1. The maximum absolute atomic E-state index is 8.51. The first kappa shape index (κ1) is 10.8. The van der Waals surface area contributed by atoms with E-state index in [0.717, 1.165) is 19.5 Å². The summed E-state index contributed by atoms with van der Waals surface area (Å²) in [6.45, 7) is 2.70. The molecule has 72 valence electrons. The van der Waals surface area contributed by atoms with Crippen LogP contribution >= 0.6 is 23.2 Å². The Balaban J connectivity index is 2.30. The van der Waals surface area contributed by atoms with Crippen LogP contribution in [-0.4, -0.2) is 24.5 Å². The van der Waals surface area contributed by atoms with Crippen molar-refractivity contribution in [3.63, 3.8) is 0 Å². The fourth-order valence-corrected chi connectivity index (χ4v) is 1.84. The van der Waals surface area contributed by atoms with Gasteiger partial charge in [-0.15, -0.1) is 0 Å². The van der Waals surface area contributed by atoms with Crippen LogP contribution < -0.4 is 0 Å². The third-order valence-electron chi connectivity index (χ3n) is 2.24. The average molecular weight is 219 g/mol. The highest BCUT2D eigenvalue weighted by Gasteiger charge is 2.21. The third kappa shape index (κ3) is 3.56. The summed E-state index contributed by atoms with van der Waals surface area (Å²) in [5.74, 6) is 0.518. The SMILES string of the molecule is N#CCC1CCN(C/C(Cl)=C\Cl)C1. The van der Waals surface area contributed by atoms with Gasteiger partial charge in [0.1, 0.15) is 0 Å². The van der Waals surface area contributed by atoms with Crippen LogP contribution in [0.5, 0.6) is 0 Å². The Morgan fingerprint density at radius 1 is 1.69 bits per heavy atom. The highest BCUT2D eigenvalue weighted by Crippen LogP contribution is 2.20. The van der Waals surface area contributed by atoms with Crippen molar-refractivity contribution in [3.8, 4) is 6.07 Å². The highest BCUT2D eigenvalue weighted by molar-refractivity contribution is 6.36. The normalized spacial score (nSPS) is 24.7. The number of nitriles is 1. The zero-order valence-corrected chi connectivity index (χ0v) is 8.85. The minimum absolute atomic E-state index is 0.518. The van der Waals surface area contributed by atoms with E-state index in [2.05, 4.69) is 11.0 Å². The summed E-state index contributed by atoms with van der Waals surface area (Å²) >= 11 is 11.2. The van der Waals surface area contributed by atoms with E-state index < -0.39 is 0 Å². The minimum atomic E-state index is 0.518. The van der Waals surface area contributed by atoms with Gasteiger partial charge in [0, 0.05) is 30.1 Å². The van der Waals surface area contributed by atoms with Gasteiger partial charge >= 0.3 is 0 Å². The lowest BCUT2D eigenvalue weighted by molar-refractivity contribution is 0.357. The molecule has 1 aliphatic heterocycles. The molecule has 0 aromatic carbocycles. The van der Waals surface area contributed by atoms with Gasteiger partial charge in [0.25, 0.3) is 0 Å². The summed E-state index contributed by atoms with van der Waals surface area (Å²) in [7, 11) is 0. The monoisotopic (exact) mass is 218 g/mol. The summed E-state index contributed by atoms with van der Waals surface area (Å²) < 4.78 is 0. The molecule has 0 aromatic rings. The molecule has 2 nitrogen and oxygen atoms in total. The van der Waals surface area contributed by atoms with Gasteiger partial charge in [-0.25, -0.2) is 0 Å². The van der Waals surface area contributed by atoms with Gasteiger partial charge in [0.05, 0.1) is 6.07 Å². The number of hydrogen-bond acceptors (Lipinski definition) is 2. The van der Waals surface area contributed by atoms with Crippen molar-refractivity contribution in [3.05, 3.63) is 10.6 Å². The molecule has 0 aliphatic carbocycles. The molecule has 1 heterocycles. The smallest absolute Gasteiger partial charge is 0.0625 e. The van der Waals surface area contributed by atoms with Gasteiger partial charge in [-0.3, -0.25) is 4.90 Å². The molecule has 0 N–H and O–H groups in total. The quantitative estimate of drug-likeness (QED) is 0.729. The first-order valence-corrected chi connectivity index (χ1v) is 5.11. The molecule has 13 heavy (non-hydrogen) atoms. The maximum Gasteiger partial charge on any atom is 0.0625 e. The number of hydrogen-bond donors (Lipinski definition) is 0. The fraction of sp³-hybridized carbons (Fsp3) is 0.667. The second-order valence-corrected chi connectivity index (χ2v) is 4.01. The Bertz CT molecular complexity index is 232. The molecular weight excluding hydrogens is 207 g/mol. The van der Waals surface area contributed by atoms with Crippen LogP contribution in [0.4, 0.5) is 0 Å². The molecular formula is C9H12Cl2N2. The van der Waals surface area contributed by atoms with Crippen molar-refractivity contribution in [1.82, 2.24) is 4.90 Å². The molecule has 0 bridgehead atoms. The highest BCUT2D eigenvalue weighted by atomic mass is 35.5. The van der Waals surface area contributed by atoms with Crippen LogP contribution in [0.15, 0.2) is 10.6 Å². The lowest BCUT2D eigenvalue weighted by atomic mass is 10.1. The molecule has 0 spiro atoms. The third-order valence-corrected chi connectivity index (χ3v) is 2.85. The Kier molecular flexibility index (Phi) is 4.58. The summed E-state index contributed by atoms with van der Waals surface area (Å²) in [4.78, 5) is 2.23. The summed E-state index contributed by atoms with van der Waals surface area (Å²) in [6.07, 6.45) is 1.75. The van der Waals surface area contributed by atoms with E-state index in [1.54, 1.807) is 0 Å². The van der Waals surface area contributed by atoms with E-state index in [1.165, 1.54) is 5.54 Å². The number of nitrogens with zero attached hydrogens (tertiary/aromatic N) is 2. The second kappa shape index (κ2) is 5.49. The van der Waals surface area contributed by atoms with Crippen LogP contribution in [-0.2, 0) is 0 Å². The standard InChI is InChI=1S/C9H12Cl2N2/c10-5-9(11)7-13-4-2-8(6-13)1-3-12/h5,8H,1-2,4,6-7H2/b9-5+. The molecule has 1 aliphatic rings. The van der Waals surface area contributed by atoms with Crippen LogP contribution in [0.3, 0.4) is 0 Å². The van der Waals surface area contributed by atoms with Gasteiger partial charge in [-0.1, -0.05) is 23.2 Å². The minimum Gasteiger partial charge on any atom is -0.298 e. The molecule has 0 saturated carbocycles. The van der Waals surface area contributed by atoms with E-state index in [9.17, 15) is 0 Å². The Hall–Kier alpha value is -0.230. The predicted molar refractivity (Wildman–Crippen MR) is 54.6 cm³/mol. The lowest BCUT2D eigenvalue weighted by Gasteiger charge is -2.13. The molecule has 1 atom stereocenters. The van der Waals surface area contributed by atoms with E-state index in [0.29, 0.717) is 23.9 Å². The van der Waals surface area contributed by atoms with Gasteiger partial charge in [0.15, 0.2) is 0 Å². The fourth-order valence-electron chi connectivity index (χ4n) is 1.60. The van der Waals surface area contributed by atoms with Crippen molar-refractivity contribution >= 4 is 23.2 Å². The van der Waals surface area contributed by atoms with Crippen LogP contribution in [0.2, 0.25) is 0 Å². The molecule has 1 unspecified atom stereocenters. The number of rotatable bonds is 3. The molecule has 1 saturated heterocycles. The van der Waals surface area contributed by atoms with Crippen molar-refractivity contribution in [2.45, 2.75) is 12.8 Å². The average Bonchev–Trinajstić information content (AvgIpc) is 2.53. The van der Waals surface area contributed by atoms with Gasteiger partial charge in [-0.2, -0.15) is 5.26 Å². The van der Waals surface area contributed by atoms with Gasteiger partial charge in [0.2, 0.25) is 0 Å². The van der Waals surface area contributed by atoms with Crippen LogP contribution in [0.1, 0.15) is 12.8 Å². The summed E-state index contributed by atoms with van der Waals surface area (Å²) in [5.41, 5.74) is 1.40. The molecule has 0 radical (unpaired) electrons. The van der Waals surface area contributed by atoms with Crippen molar-refractivity contribution in [2.24, 2.45) is 5.92 Å². The molecule has 1 fully saturated rings. The summed E-state index contributed by atoms with van der Waals surface area (Å²) in [6, 6.07) is 2.20. The van der Waals surface area contributed by atoms with Crippen molar-refractivity contribution in [1.29, 1.82) is 5.26 Å². The van der Waals surface area contributed by atoms with Crippen LogP contribution in [0.25, 0.3) is 0 Å². The predicted octanol–water partition coefficient (Wildman–Crippen LogP) is 2.54. The van der Waals surface area contributed by atoms with Gasteiger partial charge in [-0.05, 0) is 18.9 Å². The lowest BCUT2D eigenvalue weighted by Crippen LogP contribution is -2.21. The van der Waals surface area contributed by atoms with Gasteiger partial charge < -0.3 is 0 Å². The van der Waals surface area contributed by atoms with E-state index >= 15 is 0 Å².